The van der Waals surface area contributed by atoms with E-state index in [1.807, 2.05) is 6.92 Å². The zero-order valence-electron chi connectivity index (χ0n) is 9.51. The highest BCUT2D eigenvalue weighted by molar-refractivity contribution is 5.77. The summed E-state index contributed by atoms with van der Waals surface area (Å²) in [5, 5.41) is 29.2. The summed E-state index contributed by atoms with van der Waals surface area (Å²) in [7, 11) is 0. The van der Waals surface area contributed by atoms with Gasteiger partial charge >= 0.3 is 0 Å². The number of rotatable bonds is 2. The van der Waals surface area contributed by atoms with Crippen LogP contribution in [0.3, 0.4) is 0 Å². The molecule has 3 heteroatoms. The summed E-state index contributed by atoms with van der Waals surface area (Å²) < 4.78 is 0. The molecule has 0 fully saturated rings. The fourth-order valence-corrected chi connectivity index (χ4v) is 1.84. The van der Waals surface area contributed by atoms with Crippen LogP contribution in [0.1, 0.15) is 12.5 Å². The van der Waals surface area contributed by atoms with Gasteiger partial charge in [0.05, 0.1) is 5.56 Å². The minimum atomic E-state index is -0.00588. The number of hydrogen-bond acceptors (Lipinski definition) is 3. The zero-order valence-corrected chi connectivity index (χ0v) is 9.51. The first-order valence-electron chi connectivity index (χ1n) is 5.46. The van der Waals surface area contributed by atoms with Crippen molar-refractivity contribution in [3.63, 3.8) is 0 Å². The van der Waals surface area contributed by atoms with Crippen LogP contribution >= 0.6 is 0 Å². The molecule has 0 spiro atoms. The molecule has 0 saturated heterocycles. The van der Waals surface area contributed by atoms with Crippen molar-refractivity contribution in [1.29, 1.82) is 0 Å². The molecule has 0 aromatic heterocycles. The Labute approximate surface area is 99.6 Å². The topological polar surface area (TPSA) is 60.7 Å². The van der Waals surface area contributed by atoms with Gasteiger partial charge in [-0.2, -0.15) is 0 Å². The van der Waals surface area contributed by atoms with Gasteiger partial charge in [0.1, 0.15) is 17.2 Å². The van der Waals surface area contributed by atoms with Crippen LogP contribution in [0.25, 0.3) is 11.1 Å². The molecule has 17 heavy (non-hydrogen) atoms. The maximum absolute atomic E-state index is 9.77. The molecule has 0 aliphatic rings. The lowest BCUT2D eigenvalue weighted by Gasteiger charge is -2.09. The molecular formula is C14H14O3. The van der Waals surface area contributed by atoms with E-state index in [1.165, 1.54) is 12.1 Å². The molecule has 0 bridgehead atoms. The molecule has 0 unspecified atom stereocenters. The molecule has 0 heterocycles. The summed E-state index contributed by atoms with van der Waals surface area (Å²) in [5.74, 6) is 0.162. The van der Waals surface area contributed by atoms with Crippen LogP contribution in [0.15, 0.2) is 36.4 Å². The maximum Gasteiger partial charge on any atom is 0.127 e. The van der Waals surface area contributed by atoms with Gasteiger partial charge in [-0.15, -0.1) is 0 Å². The van der Waals surface area contributed by atoms with Crippen LogP contribution in [0.2, 0.25) is 0 Å². The van der Waals surface area contributed by atoms with Crippen LogP contribution in [0.4, 0.5) is 0 Å². The first-order valence-corrected chi connectivity index (χ1v) is 5.46. The van der Waals surface area contributed by atoms with Crippen molar-refractivity contribution in [2.75, 3.05) is 0 Å². The van der Waals surface area contributed by atoms with Crippen molar-refractivity contribution in [2.24, 2.45) is 0 Å². The second kappa shape index (κ2) is 4.37. The van der Waals surface area contributed by atoms with E-state index in [0.29, 0.717) is 11.1 Å². The molecule has 0 radical (unpaired) electrons. The van der Waals surface area contributed by atoms with Crippen molar-refractivity contribution in [3.05, 3.63) is 42.0 Å². The van der Waals surface area contributed by atoms with Gasteiger partial charge in [-0.25, -0.2) is 0 Å². The lowest BCUT2D eigenvalue weighted by atomic mass is 10.0. The first-order chi connectivity index (χ1) is 8.13. The summed E-state index contributed by atoms with van der Waals surface area (Å²) in [6, 6.07) is 9.67. The molecule has 88 valence electrons. The van der Waals surface area contributed by atoms with Crippen molar-refractivity contribution in [1.82, 2.24) is 0 Å². The number of phenols is 3. The zero-order chi connectivity index (χ0) is 12.4. The van der Waals surface area contributed by atoms with Crippen molar-refractivity contribution in [3.8, 4) is 28.4 Å². The van der Waals surface area contributed by atoms with E-state index in [2.05, 4.69) is 0 Å². The second-order valence-electron chi connectivity index (χ2n) is 3.87. The van der Waals surface area contributed by atoms with Gasteiger partial charge in [-0.3, -0.25) is 0 Å². The minimum absolute atomic E-state index is 0.00588. The quantitative estimate of drug-likeness (QED) is 0.743. The molecule has 2 aromatic carbocycles. The number of hydrogen-bond donors (Lipinski definition) is 3. The molecule has 0 saturated carbocycles. The van der Waals surface area contributed by atoms with E-state index in [0.717, 1.165) is 12.0 Å². The molecule has 0 amide bonds. The first kappa shape index (κ1) is 11.3. The lowest BCUT2D eigenvalue weighted by Crippen LogP contribution is -1.85. The summed E-state index contributed by atoms with van der Waals surface area (Å²) in [4.78, 5) is 0. The Kier molecular flexibility index (Phi) is 2.91. The van der Waals surface area contributed by atoms with Crippen LogP contribution in [-0.2, 0) is 6.42 Å². The third kappa shape index (κ3) is 2.04. The molecule has 2 aromatic rings. The molecule has 0 atom stereocenters. The van der Waals surface area contributed by atoms with E-state index in [9.17, 15) is 15.3 Å². The molecule has 0 aliphatic heterocycles. The van der Waals surface area contributed by atoms with Crippen molar-refractivity contribution >= 4 is 0 Å². The van der Waals surface area contributed by atoms with Crippen LogP contribution in [-0.4, -0.2) is 15.3 Å². The highest BCUT2D eigenvalue weighted by atomic mass is 16.3. The van der Waals surface area contributed by atoms with E-state index in [1.54, 1.807) is 24.3 Å². The SMILES string of the molecule is CCc1ccc(-c2c(O)cccc2O)cc1O. The van der Waals surface area contributed by atoms with E-state index >= 15 is 0 Å². The molecule has 0 aliphatic carbocycles. The fourth-order valence-electron chi connectivity index (χ4n) is 1.84. The summed E-state index contributed by atoms with van der Waals surface area (Å²) in [6.07, 6.45) is 0.735. The summed E-state index contributed by atoms with van der Waals surface area (Å²) in [6.45, 7) is 1.95. The second-order valence-corrected chi connectivity index (χ2v) is 3.87. The van der Waals surface area contributed by atoms with E-state index in [-0.39, 0.29) is 17.2 Å². The average Bonchev–Trinajstić information content (AvgIpc) is 2.29. The predicted molar refractivity (Wildman–Crippen MR) is 66.3 cm³/mol. The van der Waals surface area contributed by atoms with Crippen LogP contribution in [0.5, 0.6) is 17.2 Å². The normalized spacial score (nSPS) is 10.4. The van der Waals surface area contributed by atoms with Gasteiger partial charge < -0.3 is 15.3 Å². The van der Waals surface area contributed by atoms with Gasteiger partial charge in [0.2, 0.25) is 0 Å². The van der Waals surface area contributed by atoms with Gasteiger partial charge in [-0.05, 0) is 35.7 Å². The predicted octanol–water partition coefficient (Wildman–Crippen LogP) is 3.03. The number of phenolic OH excluding ortho intramolecular Hbond substituents is 3. The van der Waals surface area contributed by atoms with Gasteiger partial charge in [-0.1, -0.05) is 25.1 Å². The van der Waals surface area contributed by atoms with E-state index < -0.39 is 0 Å². The third-order valence-electron chi connectivity index (χ3n) is 2.78. The lowest BCUT2D eigenvalue weighted by molar-refractivity contribution is 0.454. The molecule has 3 N–H and O–H groups in total. The van der Waals surface area contributed by atoms with E-state index in [4.69, 9.17) is 0 Å². The number of benzene rings is 2. The Morgan fingerprint density at radius 2 is 1.53 bits per heavy atom. The number of aryl methyl sites for hydroxylation is 1. The highest BCUT2D eigenvalue weighted by Gasteiger charge is 2.11. The van der Waals surface area contributed by atoms with Gasteiger partial charge in [0.25, 0.3) is 0 Å². The number of aromatic hydroxyl groups is 3. The largest absolute Gasteiger partial charge is 0.508 e. The average molecular weight is 230 g/mol. The standard InChI is InChI=1S/C14H14O3/c1-2-9-6-7-10(8-13(9)17)14-11(15)4-3-5-12(14)16/h3-8,15-17H,2H2,1H3. The Bertz CT molecular complexity index is 527. The Balaban J connectivity index is 2.57. The molecule has 2 rings (SSSR count). The monoisotopic (exact) mass is 230 g/mol. The highest BCUT2D eigenvalue weighted by Crippen LogP contribution is 2.38. The third-order valence-corrected chi connectivity index (χ3v) is 2.78. The summed E-state index contributed by atoms with van der Waals surface area (Å²) >= 11 is 0. The Morgan fingerprint density at radius 1 is 0.882 bits per heavy atom. The van der Waals surface area contributed by atoms with Crippen LogP contribution < -0.4 is 0 Å². The van der Waals surface area contributed by atoms with Gasteiger partial charge in [0, 0.05) is 0 Å². The minimum Gasteiger partial charge on any atom is -0.508 e. The summed E-state index contributed by atoms with van der Waals surface area (Å²) in [5.41, 5.74) is 1.77. The van der Waals surface area contributed by atoms with Crippen molar-refractivity contribution < 1.29 is 15.3 Å². The maximum atomic E-state index is 9.77. The Hall–Kier alpha value is -2.16. The van der Waals surface area contributed by atoms with Crippen molar-refractivity contribution in [2.45, 2.75) is 13.3 Å². The fraction of sp³-hybridized carbons (Fsp3) is 0.143. The molecular weight excluding hydrogens is 216 g/mol. The van der Waals surface area contributed by atoms with Crippen LogP contribution in [0, 0.1) is 0 Å². The van der Waals surface area contributed by atoms with Gasteiger partial charge in [0.15, 0.2) is 0 Å². The molecule has 3 nitrogen and oxygen atoms in total. The Morgan fingerprint density at radius 3 is 2.06 bits per heavy atom. The smallest absolute Gasteiger partial charge is 0.127 e.